The quantitative estimate of drug-likeness (QED) is 0.608. The highest BCUT2D eigenvalue weighted by molar-refractivity contribution is 6.04. The number of nitrogens with zero attached hydrogens (tertiary/aromatic N) is 2. The molecule has 0 bridgehead atoms. The molecule has 2 aliphatic rings. The van der Waals surface area contributed by atoms with Crippen LogP contribution in [0.3, 0.4) is 0 Å². The van der Waals surface area contributed by atoms with E-state index in [0.29, 0.717) is 6.42 Å². The third-order valence-electron chi connectivity index (χ3n) is 3.50. The van der Waals surface area contributed by atoms with Crippen LogP contribution in [0, 0.1) is 0 Å². The topological polar surface area (TPSA) is 116 Å². The number of amides is 4. The van der Waals surface area contributed by atoms with Crippen molar-refractivity contribution in [1.29, 1.82) is 0 Å². The van der Waals surface area contributed by atoms with E-state index in [1.807, 2.05) is 0 Å². The van der Waals surface area contributed by atoms with Gasteiger partial charge in [0.25, 0.3) is 0 Å². The molecule has 9 nitrogen and oxygen atoms in total. The Labute approximate surface area is 120 Å². The van der Waals surface area contributed by atoms with Crippen LogP contribution in [0.4, 0.5) is 4.79 Å². The van der Waals surface area contributed by atoms with E-state index in [2.05, 4.69) is 5.32 Å². The molecule has 2 atom stereocenters. The third-order valence-corrected chi connectivity index (χ3v) is 3.50. The summed E-state index contributed by atoms with van der Waals surface area (Å²) in [6.07, 6.45) is -0.713. The van der Waals surface area contributed by atoms with E-state index in [9.17, 15) is 19.2 Å². The number of carbonyl (C=O) groups excluding carboxylic acids is 3. The molecule has 0 aromatic rings. The largest absolute Gasteiger partial charge is 0.479 e. The van der Waals surface area contributed by atoms with Crippen molar-refractivity contribution in [2.75, 3.05) is 26.2 Å². The number of urea groups is 1. The van der Waals surface area contributed by atoms with Crippen molar-refractivity contribution >= 4 is 23.8 Å². The Morgan fingerprint density at radius 2 is 2.14 bits per heavy atom. The monoisotopic (exact) mass is 299 g/mol. The van der Waals surface area contributed by atoms with E-state index in [1.54, 1.807) is 6.92 Å². The SMILES string of the molecule is CCC1C(=O)NC(=O)CN1C(=O)N1CCOC(C(=O)O)C1. The Hall–Kier alpha value is -2.16. The van der Waals surface area contributed by atoms with Gasteiger partial charge in [-0.05, 0) is 6.42 Å². The lowest BCUT2D eigenvalue weighted by Crippen LogP contribution is -2.63. The normalized spacial score (nSPS) is 26.5. The van der Waals surface area contributed by atoms with Gasteiger partial charge in [-0.3, -0.25) is 14.9 Å². The van der Waals surface area contributed by atoms with Crippen LogP contribution in [-0.2, 0) is 19.1 Å². The van der Waals surface area contributed by atoms with Crippen molar-refractivity contribution in [3.05, 3.63) is 0 Å². The summed E-state index contributed by atoms with van der Waals surface area (Å²) in [5.74, 6) is -2.20. The van der Waals surface area contributed by atoms with Gasteiger partial charge < -0.3 is 19.6 Å². The fourth-order valence-corrected chi connectivity index (χ4v) is 2.43. The number of ether oxygens (including phenoxy) is 1. The van der Waals surface area contributed by atoms with Crippen LogP contribution >= 0.6 is 0 Å². The summed E-state index contributed by atoms with van der Waals surface area (Å²) in [6.45, 7) is 1.76. The minimum absolute atomic E-state index is 0.100. The van der Waals surface area contributed by atoms with Gasteiger partial charge in [0, 0.05) is 6.54 Å². The standard InChI is InChI=1S/C12H17N3O6/c1-2-7-10(17)13-9(16)6-15(7)12(20)14-3-4-21-8(5-14)11(18)19/h7-8H,2-6H2,1H3,(H,18,19)(H,13,16,17). The molecule has 0 spiro atoms. The highest BCUT2D eigenvalue weighted by Gasteiger charge is 2.39. The highest BCUT2D eigenvalue weighted by Crippen LogP contribution is 2.15. The average molecular weight is 299 g/mol. The molecule has 2 saturated heterocycles. The fraction of sp³-hybridized carbons (Fsp3) is 0.667. The van der Waals surface area contributed by atoms with Gasteiger partial charge in [0.05, 0.1) is 13.2 Å². The number of imide groups is 1. The van der Waals surface area contributed by atoms with Gasteiger partial charge in [0.15, 0.2) is 6.10 Å². The number of carboxylic acid groups (broad SMARTS) is 1. The predicted molar refractivity (Wildman–Crippen MR) is 68.3 cm³/mol. The predicted octanol–water partition coefficient (Wildman–Crippen LogP) is -1.37. The molecule has 0 aliphatic carbocycles. The van der Waals surface area contributed by atoms with Gasteiger partial charge in [-0.2, -0.15) is 0 Å². The molecular formula is C12H17N3O6. The second-order valence-corrected chi connectivity index (χ2v) is 4.89. The maximum atomic E-state index is 12.5. The van der Waals surface area contributed by atoms with Crippen LogP contribution < -0.4 is 5.32 Å². The molecule has 4 amide bonds. The number of aliphatic carboxylic acids is 1. The van der Waals surface area contributed by atoms with E-state index in [1.165, 1.54) is 9.80 Å². The molecule has 0 aromatic carbocycles. The maximum Gasteiger partial charge on any atom is 0.334 e. The highest BCUT2D eigenvalue weighted by atomic mass is 16.5. The van der Waals surface area contributed by atoms with Gasteiger partial charge in [-0.25, -0.2) is 9.59 Å². The Balaban J connectivity index is 2.11. The van der Waals surface area contributed by atoms with Crippen LogP contribution in [-0.4, -0.2) is 77.1 Å². The Morgan fingerprint density at radius 3 is 2.76 bits per heavy atom. The molecule has 2 aliphatic heterocycles. The lowest BCUT2D eigenvalue weighted by molar-refractivity contribution is -0.155. The van der Waals surface area contributed by atoms with Gasteiger partial charge in [-0.15, -0.1) is 0 Å². The molecule has 2 fully saturated rings. The van der Waals surface area contributed by atoms with Crippen LogP contribution in [0.2, 0.25) is 0 Å². The van der Waals surface area contributed by atoms with Gasteiger partial charge in [-0.1, -0.05) is 6.92 Å². The Bertz CT molecular complexity index is 480. The number of carboxylic acids is 1. The van der Waals surface area contributed by atoms with Crippen molar-refractivity contribution in [2.24, 2.45) is 0 Å². The average Bonchev–Trinajstić information content (AvgIpc) is 2.45. The van der Waals surface area contributed by atoms with Crippen LogP contribution in [0.15, 0.2) is 0 Å². The first-order valence-corrected chi connectivity index (χ1v) is 6.67. The van der Waals surface area contributed by atoms with E-state index in [0.717, 1.165) is 0 Å². The van der Waals surface area contributed by atoms with E-state index >= 15 is 0 Å². The number of carbonyl (C=O) groups is 4. The smallest absolute Gasteiger partial charge is 0.334 e. The summed E-state index contributed by atoms with van der Waals surface area (Å²) >= 11 is 0. The van der Waals surface area contributed by atoms with Gasteiger partial charge in [0.1, 0.15) is 12.6 Å². The lowest BCUT2D eigenvalue weighted by Gasteiger charge is -2.39. The molecule has 116 valence electrons. The van der Waals surface area contributed by atoms with E-state index in [-0.39, 0.29) is 26.2 Å². The molecule has 0 radical (unpaired) electrons. The summed E-state index contributed by atoms with van der Waals surface area (Å²) in [6, 6.07) is -1.24. The number of hydrogen-bond donors (Lipinski definition) is 2. The minimum Gasteiger partial charge on any atom is -0.479 e. The van der Waals surface area contributed by atoms with Crippen molar-refractivity contribution in [2.45, 2.75) is 25.5 Å². The lowest BCUT2D eigenvalue weighted by atomic mass is 10.1. The van der Waals surface area contributed by atoms with E-state index in [4.69, 9.17) is 9.84 Å². The van der Waals surface area contributed by atoms with Gasteiger partial charge in [0.2, 0.25) is 11.8 Å². The summed E-state index contributed by atoms with van der Waals surface area (Å²) in [7, 11) is 0. The molecule has 2 rings (SSSR count). The number of piperazine rings is 1. The summed E-state index contributed by atoms with van der Waals surface area (Å²) in [4.78, 5) is 49.1. The second kappa shape index (κ2) is 6.08. The van der Waals surface area contributed by atoms with Gasteiger partial charge >= 0.3 is 12.0 Å². The molecule has 2 heterocycles. The second-order valence-electron chi connectivity index (χ2n) is 4.89. The third kappa shape index (κ3) is 3.13. The van der Waals surface area contributed by atoms with E-state index < -0.39 is 36.0 Å². The fourth-order valence-electron chi connectivity index (χ4n) is 2.43. The molecule has 0 aromatic heterocycles. The Morgan fingerprint density at radius 1 is 1.43 bits per heavy atom. The summed E-state index contributed by atoms with van der Waals surface area (Å²) in [5, 5.41) is 11.1. The number of nitrogens with one attached hydrogen (secondary N) is 1. The first-order valence-electron chi connectivity index (χ1n) is 6.67. The first kappa shape index (κ1) is 15.2. The minimum atomic E-state index is -1.15. The number of hydrogen-bond acceptors (Lipinski definition) is 5. The molecule has 0 saturated carbocycles. The zero-order valence-electron chi connectivity index (χ0n) is 11.6. The van der Waals surface area contributed by atoms with Crippen molar-refractivity contribution in [1.82, 2.24) is 15.1 Å². The molecule has 21 heavy (non-hydrogen) atoms. The Kier molecular flexibility index (Phi) is 4.41. The first-order chi connectivity index (χ1) is 9.93. The molecule has 2 unspecified atom stereocenters. The van der Waals surface area contributed by atoms with Crippen molar-refractivity contribution in [3.8, 4) is 0 Å². The summed E-state index contributed by atoms with van der Waals surface area (Å²) in [5.41, 5.74) is 0. The van der Waals surface area contributed by atoms with Crippen LogP contribution in [0.5, 0.6) is 0 Å². The molecule has 2 N–H and O–H groups in total. The number of rotatable bonds is 2. The molecule has 9 heteroatoms. The van der Waals surface area contributed by atoms with Crippen molar-refractivity contribution < 1.29 is 29.0 Å². The zero-order chi connectivity index (χ0) is 15.6. The van der Waals surface area contributed by atoms with Crippen LogP contribution in [0.25, 0.3) is 0 Å². The van der Waals surface area contributed by atoms with Crippen LogP contribution in [0.1, 0.15) is 13.3 Å². The molecular weight excluding hydrogens is 282 g/mol. The zero-order valence-corrected chi connectivity index (χ0v) is 11.6. The maximum absolute atomic E-state index is 12.5. The summed E-state index contributed by atoms with van der Waals surface area (Å²) < 4.78 is 5.04. The van der Waals surface area contributed by atoms with Crippen molar-refractivity contribution in [3.63, 3.8) is 0 Å². The number of morpholine rings is 1.